The van der Waals surface area contributed by atoms with Gasteiger partial charge in [0.2, 0.25) is 0 Å². The lowest BCUT2D eigenvalue weighted by Crippen LogP contribution is -2.36. The summed E-state index contributed by atoms with van der Waals surface area (Å²) in [6.07, 6.45) is 5.25. The van der Waals surface area contributed by atoms with Crippen molar-refractivity contribution in [2.75, 3.05) is 47.3 Å². The van der Waals surface area contributed by atoms with Gasteiger partial charge in [0.25, 0.3) is 0 Å². The van der Waals surface area contributed by atoms with Crippen LogP contribution < -0.4 is 26.8 Å². The first-order valence-electron chi connectivity index (χ1n) is 10.8. The summed E-state index contributed by atoms with van der Waals surface area (Å²) in [4.78, 5) is 20.1. The lowest BCUT2D eigenvalue weighted by Gasteiger charge is -2.28. The van der Waals surface area contributed by atoms with Gasteiger partial charge in [-0.05, 0) is 35.9 Å². The van der Waals surface area contributed by atoms with E-state index < -0.39 is 0 Å². The molecule has 4 aromatic rings. The number of nitrogens with two attached hydrogens (primary N) is 1. The monoisotopic (exact) mass is 443 g/mol. The maximum absolute atomic E-state index is 5.64. The summed E-state index contributed by atoms with van der Waals surface area (Å²) in [5, 5.41) is 7.60. The van der Waals surface area contributed by atoms with Gasteiger partial charge in [-0.3, -0.25) is 4.98 Å². The van der Waals surface area contributed by atoms with Crippen molar-refractivity contribution < 1.29 is 4.74 Å². The molecule has 33 heavy (non-hydrogen) atoms. The first kappa shape index (κ1) is 20.9. The van der Waals surface area contributed by atoms with E-state index in [1.165, 1.54) is 0 Å². The van der Waals surface area contributed by atoms with Crippen LogP contribution in [-0.4, -0.2) is 46.2 Å². The summed E-state index contributed by atoms with van der Waals surface area (Å²) < 4.78 is 5.41. The van der Waals surface area contributed by atoms with Crippen LogP contribution in [0.25, 0.3) is 10.9 Å². The van der Waals surface area contributed by atoms with E-state index in [4.69, 9.17) is 10.6 Å². The zero-order chi connectivity index (χ0) is 22.5. The molecule has 168 valence electrons. The van der Waals surface area contributed by atoms with Crippen LogP contribution in [0.1, 0.15) is 5.56 Å². The SMILES string of the molecule is NNc1ncc(Nc2ccc(N3CCOCC3)cn2)nc1NCc1ccc2ncccc2c1. The Morgan fingerprint density at radius 3 is 2.67 bits per heavy atom. The molecule has 10 heteroatoms. The number of hydrogen-bond acceptors (Lipinski definition) is 10. The van der Waals surface area contributed by atoms with E-state index in [-0.39, 0.29) is 0 Å². The number of nitrogens with one attached hydrogen (secondary N) is 3. The van der Waals surface area contributed by atoms with E-state index in [0.29, 0.717) is 29.8 Å². The minimum atomic E-state index is 0.457. The zero-order valence-electron chi connectivity index (χ0n) is 18.0. The van der Waals surface area contributed by atoms with Crippen molar-refractivity contribution in [3.63, 3.8) is 0 Å². The Morgan fingerprint density at radius 1 is 0.939 bits per heavy atom. The Bertz CT molecular complexity index is 1230. The Labute approximate surface area is 191 Å². The number of morpholine rings is 1. The van der Waals surface area contributed by atoms with E-state index in [1.54, 1.807) is 12.4 Å². The molecule has 5 rings (SSSR count). The fraction of sp³-hybridized carbons (Fsp3) is 0.217. The zero-order valence-corrected chi connectivity index (χ0v) is 18.0. The van der Waals surface area contributed by atoms with Crippen LogP contribution in [0.2, 0.25) is 0 Å². The van der Waals surface area contributed by atoms with Gasteiger partial charge in [-0.15, -0.1) is 0 Å². The minimum absolute atomic E-state index is 0.457. The molecule has 4 heterocycles. The Morgan fingerprint density at radius 2 is 1.85 bits per heavy atom. The average molecular weight is 444 g/mol. The summed E-state index contributed by atoms with van der Waals surface area (Å²) in [7, 11) is 0. The third kappa shape index (κ3) is 4.92. The van der Waals surface area contributed by atoms with E-state index in [2.05, 4.69) is 47.0 Å². The highest BCUT2D eigenvalue weighted by molar-refractivity contribution is 5.79. The molecular weight excluding hydrogens is 418 g/mol. The highest BCUT2D eigenvalue weighted by Gasteiger charge is 2.12. The fourth-order valence-electron chi connectivity index (χ4n) is 3.70. The Hall–Kier alpha value is -4.02. The van der Waals surface area contributed by atoms with Gasteiger partial charge in [-0.2, -0.15) is 0 Å². The van der Waals surface area contributed by atoms with Gasteiger partial charge in [0.1, 0.15) is 5.82 Å². The quantitative estimate of drug-likeness (QED) is 0.250. The number of hydrogen-bond donors (Lipinski definition) is 4. The number of benzene rings is 1. The number of pyridine rings is 2. The number of anilines is 5. The number of nitrogens with zero attached hydrogens (tertiary/aromatic N) is 5. The summed E-state index contributed by atoms with van der Waals surface area (Å²) in [6.45, 7) is 3.78. The van der Waals surface area contributed by atoms with Crippen LogP contribution in [0.4, 0.5) is 29.0 Å². The predicted octanol–water partition coefficient (Wildman–Crippen LogP) is 2.90. The van der Waals surface area contributed by atoms with Crippen LogP contribution in [0.3, 0.4) is 0 Å². The summed E-state index contributed by atoms with van der Waals surface area (Å²) in [5.41, 5.74) is 5.72. The second-order valence-corrected chi connectivity index (χ2v) is 7.61. The first-order chi connectivity index (χ1) is 16.3. The molecule has 0 atom stereocenters. The molecule has 0 radical (unpaired) electrons. The van der Waals surface area contributed by atoms with Gasteiger partial charge in [0.05, 0.1) is 36.8 Å². The fourth-order valence-corrected chi connectivity index (χ4v) is 3.70. The number of aromatic nitrogens is 4. The average Bonchev–Trinajstić information content (AvgIpc) is 2.88. The van der Waals surface area contributed by atoms with Gasteiger partial charge in [0.15, 0.2) is 17.5 Å². The minimum Gasteiger partial charge on any atom is -0.378 e. The van der Waals surface area contributed by atoms with E-state index in [1.807, 2.05) is 42.6 Å². The molecule has 1 aliphatic rings. The lowest BCUT2D eigenvalue weighted by molar-refractivity contribution is 0.122. The second kappa shape index (κ2) is 9.63. The van der Waals surface area contributed by atoms with Crippen LogP contribution in [-0.2, 0) is 11.3 Å². The van der Waals surface area contributed by atoms with E-state index >= 15 is 0 Å². The molecule has 0 unspecified atom stereocenters. The van der Waals surface area contributed by atoms with Crippen molar-refractivity contribution in [3.8, 4) is 0 Å². The molecule has 10 nitrogen and oxygen atoms in total. The van der Waals surface area contributed by atoms with Gasteiger partial charge >= 0.3 is 0 Å². The molecule has 0 amide bonds. The van der Waals surface area contributed by atoms with Gasteiger partial charge in [-0.1, -0.05) is 12.1 Å². The van der Waals surface area contributed by atoms with Gasteiger partial charge in [0, 0.05) is 31.2 Å². The number of nitrogen functional groups attached to an aromatic ring is 1. The second-order valence-electron chi connectivity index (χ2n) is 7.61. The molecular formula is C23H25N9O. The summed E-state index contributed by atoms with van der Waals surface area (Å²) in [5.74, 6) is 7.88. The lowest BCUT2D eigenvalue weighted by atomic mass is 10.1. The van der Waals surface area contributed by atoms with Crippen molar-refractivity contribution in [1.29, 1.82) is 0 Å². The molecule has 1 aliphatic heterocycles. The van der Waals surface area contributed by atoms with Crippen molar-refractivity contribution in [2.45, 2.75) is 6.54 Å². The predicted molar refractivity (Wildman–Crippen MR) is 129 cm³/mol. The Kier molecular flexibility index (Phi) is 6.09. The Balaban J connectivity index is 1.28. The van der Waals surface area contributed by atoms with Crippen LogP contribution >= 0.6 is 0 Å². The summed E-state index contributed by atoms with van der Waals surface area (Å²) >= 11 is 0. The molecule has 1 fully saturated rings. The van der Waals surface area contributed by atoms with Crippen molar-refractivity contribution in [1.82, 2.24) is 19.9 Å². The molecule has 1 saturated heterocycles. The summed E-state index contributed by atoms with van der Waals surface area (Å²) in [6, 6.07) is 14.1. The number of fused-ring (bicyclic) bond motifs is 1. The third-order valence-electron chi connectivity index (χ3n) is 5.42. The molecule has 0 bridgehead atoms. The molecule has 5 N–H and O–H groups in total. The maximum atomic E-state index is 5.64. The van der Waals surface area contributed by atoms with E-state index in [9.17, 15) is 0 Å². The van der Waals surface area contributed by atoms with Crippen molar-refractivity contribution >= 4 is 39.9 Å². The van der Waals surface area contributed by atoms with Crippen LogP contribution in [0.15, 0.2) is 61.1 Å². The van der Waals surface area contributed by atoms with Gasteiger partial charge < -0.3 is 25.7 Å². The van der Waals surface area contributed by atoms with E-state index in [0.717, 1.165) is 48.5 Å². The molecule has 1 aromatic carbocycles. The maximum Gasteiger partial charge on any atom is 0.183 e. The van der Waals surface area contributed by atoms with Crippen LogP contribution in [0.5, 0.6) is 0 Å². The standard InChI is InChI=1S/C23H25N9O/c24-31-23-22(27-13-16-3-5-19-17(12-16)2-1-7-25-19)30-21(15-28-23)29-20-6-4-18(14-26-20)32-8-10-33-11-9-32/h1-7,12,14-15H,8-11,13,24H2,(H,28,31)(H2,26,27,29,30). The first-order valence-corrected chi connectivity index (χ1v) is 10.8. The highest BCUT2D eigenvalue weighted by atomic mass is 16.5. The number of hydrazine groups is 1. The molecule has 0 spiro atoms. The molecule has 0 saturated carbocycles. The largest absolute Gasteiger partial charge is 0.378 e. The van der Waals surface area contributed by atoms with Gasteiger partial charge in [-0.25, -0.2) is 20.8 Å². The number of ether oxygens (including phenoxy) is 1. The highest BCUT2D eigenvalue weighted by Crippen LogP contribution is 2.23. The molecule has 3 aromatic heterocycles. The number of rotatable bonds is 7. The topological polar surface area (TPSA) is 126 Å². The smallest absolute Gasteiger partial charge is 0.183 e. The van der Waals surface area contributed by atoms with Crippen molar-refractivity contribution in [2.24, 2.45) is 5.84 Å². The third-order valence-corrected chi connectivity index (χ3v) is 5.42. The molecule has 0 aliphatic carbocycles. The van der Waals surface area contributed by atoms with Crippen LogP contribution in [0, 0.1) is 0 Å². The van der Waals surface area contributed by atoms with Crippen molar-refractivity contribution in [3.05, 3.63) is 66.6 Å². The normalized spacial score (nSPS) is 13.7.